The minimum absolute atomic E-state index is 0.0933. The number of aryl methyl sites for hydroxylation is 2. The monoisotopic (exact) mass is 400 g/mol. The van der Waals surface area contributed by atoms with Crippen molar-refractivity contribution in [2.45, 2.75) is 18.2 Å². The number of aromatic nitrogens is 2. The molecule has 1 amide bonds. The third kappa shape index (κ3) is 5.45. The summed E-state index contributed by atoms with van der Waals surface area (Å²) in [6.45, 7) is 4.11. The zero-order chi connectivity index (χ0) is 19.2. The van der Waals surface area contributed by atoms with E-state index in [-0.39, 0.29) is 11.7 Å². The molecular formula is C19H20N4O2S2. The number of benzene rings is 2. The highest BCUT2D eigenvalue weighted by atomic mass is 32.2. The third-order valence-electron chi connectivity index (χ3n) is 3.73. The fourth-order valence-electron chi connectivity index (χ4n) is 2.39. The normalized spacial score (nSPS) is 10.5. The number of amides is 1. The molecule has 0 aliphatic heterocycles. The van der Waals surface area contributed by atoms with E-state index in [9.17, 15) is 4.79 Å². The Bertz CT molecular complexity index is 926. The van der Waals surface area contributed by atoms with Crippen molar-refractivity contribution in [3.63, 3.8) is 0 Å². The molecule has 0 unspecified atom stereocenters. The van der Waals surface area contributed by atoms with Gasteiger partial charge in [-0.2, -0.15) is 0 Å². The van der Waals surface area contributed by atoms with Crippen LogP contribution in [0.25, 0.3) is 0 Å². The first kappa shape index (κ1) is 19.2. The second-order valence-electron chi connectivity index (χ2n) is 5.88. The van der Waals surface area contributed by atoms with Gasteiger partial charge in [0.05, 0.1) is 12.9 Å². The Balaban J connectivity index is 1.52. The lowest BCUT2D eigenvalue weighted by Crippen LogP contribution is -2.13. The highest BCUT2D eigenvalue weighted by Gasteiger charge is 2.10. The number of nitrogens with zero attached hydrogens (tertiary/aromatic N) is 2. The molecule has 0 radical (unpaired) electrons. The summed E-state index contributed by atoms with van der Waals surface area (Å²) < 4.78 is 5.84. The van der Waals surface area contributed by atoms with Gasteiger partial charge in [-0.3, -0.25) is 4.79 Å². The zero-order valence-electron chi connectivity index (χ0n) is 15.3. The second kappa shape index (κ2) is 8.88. The van der Waals surface area contributed by atoms with Crippen LogP contribution in [0.15, 0.2) is 46.8 Å². The van der Waals surface area contributed by atoms with E-state index in [4.69, 9.17) is 4.74 Å². The van der Waals surface area contributed by atoms with Crippen LogP contribution in [-0.4, -0.2) is 29.0 Å². The van der Waals surface area contributed by atoms with E-state index in [0.717, 1.165) is 27.0 Å². The summed E-state index contributed by atoms with van der Waals surface area (Å²) >= 11 is 2.79. The van der Waals surface area contributed by atoms with Crippen molar-refractivity contribution < 1.29 is 9.53 Å². The Labute approximate surface area is 166 Å². The minimum Gasteiger partial charge on any atom is -0.497 e. The van der Waals surface area contributed by atoms with Crippen molar-refractivity contribution in [3.05, 3.63) is 53.6 Å². The van der Waals surface area contributed by atoms with Crippen molar-refractivity contribution >= 4 is 45.5 Å². The fraction of sp³-hybridized carbons (Fsp3) is 0.211. The number of thioether (sulfide) groups is 1. The molecule has 0 saturated carbocycles. The zero-order valence-corrected chi connectivity index (χ0v) is 16.9. The molecule has 3 aromatic rings. The van der Waals surface area contributed by atoms with Gasteiger partial charge < -0.3 is 15.4 Å². The summed E-state index contributed by atoms with van der Waals surface area (Å²) in [4.78, 5) is 12.1. The Morgan fingerprint density at radius 1 is 1.15 bits per heavy atom. The molecule has 0 bridgehead atoms. The number of hydrogen-bond acceptors (Lipinski definition) is 7. The molecule has 6 nitrogen and oxygen atoms in total. The van der Waals surface area contributed by atoms with E-state index < -0.39 is 0 Å². The molecule has 1 heterocycles. The van der Waals surface area contributed by atoms with Crippen molar-refractivity contribution in [2.75, 3.05) is 23.5 Å². The number of carbonyl (C=O) groups excluding carboxylic acids is 1. The van der Waals surface area contributed by atoms with Gasteiger partial charge in [0.25, 0.3) is 0 Å². The molecule has 140 valence electrons. The lowest BCUT2D eigenvalue weighted by Gasteiger charge is -2.06. The lowest BCUT2D eigenvalue weighted by molar-refractivity contribution is -0.113. The van der Waals surface area contributed by atoms with Crippen LogP contribution >= 0.6 is 23.1 Å². The third-order valence-corrected chi connectivity index (χ3v) is 5.70. The Kier molecular flexibility index (Phi) is 6.31. The second-order valence-corrected chi connectivity index (χ2v) is 8.08. The number of carbonyl (C=O) groups is 1. The van der Waals surface area contributed by atoms with Gasteiger partial charge in [-0.05, 0) is 49.7 Å². The molecule has 0 fully saturated rings. The highest BCUT2D eigenvalue weighted by molar-refractivity contribution is 8.01. The molecule has 3 rings (SSSR count). The van der Waals surface area contributed by atoms with Gasteiger partial charge in [0.2, 0.25) is 11.0 Å². The van der Waals surface area contributed by atoms with Gasteiger partial charge in [-0.25, -0.2) is 0 Å². The Morgan fingerprint density at radius 3 is 2.63 bits per heavy atom. The Morgan fingerprint density at radius 2 is 1.93 bits per heavy atom. The number of methoxy groups -OCH3 is 1. The predicted octanol–water partition coefficient (Wildman–Crippen LogP) is 4.64. The number of ether oxygens (including phenoxy) is 1. The van der Waals surface area contributed by atoms with Gasteiger partial charge in [-0.15, -0.1) is 10.2 Å². The minimum atomic E-state index is -0.0933. The topological polar surface area (TPSA) is 76.1 Å². The highest BCUT2D eigenvalue weighted by Crippen LogP contribution is 2.29. The van der Waals surface area contributed by atoms with Crippen molar-refractivity contribution in [2.24, 2.45) is 0 Å². The molecule has 2 aromatic carbocycles. The molecule has 2 N–H and O–H groups in total. The van der Waals surface area contributed by atoms with E-state index in [2.05, 4.69) is 46.8 Å². The molecule has 0 aliphatic carbocycles. The van der Waals surface area contributed by atoms with Crippen molar-refractivity contribution in [1.29, 1.82) is 0 Å². The average Bonchev–Trinajstić information content (AvgIpc) is 3.10. The lowest BCUT2D eigenvalue weighted by atomic mass is 10.1. The molecule has 1 aromatic heterocycles. The number of anilines is 3. The summed E-state index contributed by atoms with van der Waals surface area (Å²) in [5, 5.41) is 15.1. The van der Waals surface area contributed by atoms with Crippen LogP contribution in [0, 0.1) is 13.8 Å². The van der Waals surface area contributed by atoms with Crippen molar-refractivity contribution in [3.8, 4) is 5.75 Å². The molecule has 0 aliphatic rings. The van der Waals surface area contributed by atoms with Crippen LogP contribution in [0.3, 0.4) is 0 Å². The van der Waals surface area contributed by atoms with E-state index in [1.165, 1.54) is 28.7 Å². The number of hydrogen-bond donors (Lipinski definition) is 2. The quantitative estimate of drug-likeness (QED) is 0.563. The van der Waals surface area contributed by atoms with Gasteiger partial charge >= 0.3 is 0 Å². The summed E-state index contributed by atoms with van der Waals surface area (Å²) in [5.41, 5.74) is 4.11. The first-order chi connectivity index (χ1) is 13.0. The fourth-order valence-corrected chi connectivity index (χ4v) is 3.95. The maximum atomic E-state index is 12.1. The smallest absolute Gasteiger partial charge is 0.234 e. The van der Waals surface area contributed by atoms with E-state index in [1.807, 2.05) is 6.07 Å². The van der Waals surface area contributed by atoms with Crippen LogP contribution in [0.1, 0.15) is 11.1 Å². The predicted molar refractivity (Wildman–Crippen MR) is 111 cm³/mol. The number of rotatable bonds is 7. The van der Waals surface area contributed by atoms with Crippen molar-refractivity contribution in [1.82, 2.24) is 10.2 Å². The average molecular weight is 401 g/mol. The van der Waals surface area contributed by atoms with Crippen LogP contribution < -0.4 is 15.4 Å². The van der Waals surface area contributed by atoms with E-state index in [0.29, 0.717) is 5.13 Å². The van der Waals surface area contributed by atoms with Gasteiger partial charge in [0, 0.05) is 11.4 Å². The molecule has 8 heteroatoms. The summed E-state index contributed by atoms with van der Waals surface area (Å²) in [5.74, 6) is 0.925. The molecule has 0 spiro atoms. The molecule has 0 saturated heterocycles. The molecular weight excluding hydrogens is 380 g/mol. The summed E-state index contributed by atoms with van der Waals surface area (Å²) in [6.07, 6.45) is 0. The van der Waals surface area contributed by atoms with E-state index in [1.54, 1.807) is 31.4 Å². The number of nitrogens with one attached hydrogen (secondary N) is 2. The summed E-state index contributed by atoms with van der Waals surface area (Å²) in [7, 11) is 1.61. The molecule has 0 atom stereocenters. The van der Waals surface area contributed by atoms with Gasteiger partial charge in [0.15, 0.2) is 4.34 Å². The van der Waals surface area contributed by atoms with Gasteiger partial charge in [0.1, 0.15) is 5.75 Å². The molecule has 27 heavy (non-hydrogen) atoms. The largest absolute Gasteiger partial charge is 0.497 e. The first-order valence-electron chi connectivity index (χ1n) is 8.28. The maximum Gasteiger partial charge on any atom is 0.234 e. The van der Waals surface area contributed by atoms with E-state index >= 15 is 0 Å². The SMILES string of the molecule is COc1ccc(NC(=O)CSc2nnc(Nc3ccc(C)cc3C)s2)cc1. The maximum absolute atomic E-state index is 12.1. The Hall–Kier alpha value is -2.58. The van der Waals surface area contributed by atoms with Gasteiger partial charge in [-0.1, -0.05) is 40.8 Å². The van der Waals surface area contributed by atoms with Crippen LogP contribution in [0.4, 0.5) is 16.5 Å². The summed E-state index contributed by atoms with van der Waals surface area (Å²) in [6, 6.07) is 13.4. The standard InChI is InChI=1S/C19H20N4O2S2/c1-12-4-9-16(13(2)10-12)21-18-22-23-19(27-18)26-11-17(24)20-14-5-7-15(25-3)8-6-14/h4-10H,11H2,1-3H3,(H,20,24)(H,21,22). The van der Waals surface area contributed by atoms with Crippen LogP contribution in [0.2, 0.25) is 0 Å². The van der Waals surface area contributed by atoms with Crippen LogP contribution in [-0.2, 0) is 4.79 Å². The van der Waals surface area contributed by atoms with Crippen LogP contribution in [0.5, 0.6) is 5.75 Å². The first-order valence-corrected chi connectivity index (χ1v) is 10.1.